The quantitative estimate of drug-likeness (QED) is 0.927. The summed E-state index contributed by atoms with van der Waals surface area (Å²) in [7, 11) is 0. The number of hydrogen-bond donors (Lipinski definition) is 1. The van der Waals surface area contributed by atoms with Crippen molar-refractivity contribution in [2.24, 2.45) is 0 Å². The third-order valence-corrected chi connectivity index (χ3v) is 4.31. The lowest BCUT2D eigenvalue weighted by Gasteiger charge is -2.20. The summed E-state index contributed by atoms with van der Waals surface area (Å²) >= 11 is 5.82. The molecule has 1 aromatic carbocycles. The van der Waals surface area contributed by atoms with Gasteiger partial charge in [-0.05, 0) is 31.5 Å². The monoisotopic (exact) mass is 337 g/mol. The molecule has 2 atom stereocenters. The molecular formula is C15H17ClFN5O. The molecule has 0 aliphatic carbocycles. The summed E-state index contributed by atoms with van der Waals surface area (Å²) in [6.07, 6.45) is 3.75. The third kappa shape index (κ3) is 3.44. The lowest BCUT2D eigenvalue weighted by Crippen LogP contribution is -2.40. The van der Waals surface area contributed by atoms with Gasteiger partial charge in [-0.3, -0.25) is 4.79 Å². The maximum absolute atomic E-state index is 13.2. The van der Waals surface area contributed by atoms with Gasteiger partial charge in [0, 0.05) is 24.8 Å². The van der Waals surface area contributed by atoms with E-state index in [9.17, 15) is 9.18 Å². The Morgan fingerprint density at radius 1 is 1.52 bits per heavy atom. The fraction of sp³-hybridized carbons (Fsp3) is 0.400. The van der Waals surface area contributed by atoms with Crippen molar-refractivity contribution in [2.75, 3.05) is 18.0 Å². The van der Waals surface area contributed by atoms with Crippen molar-refractivity contribution in [3.05, 3.63) is 41.7 Å². The normalized spacial score (nSPS) is 18.9. The lowest BCUT2D eigenvalue weighted by molar-refractivity contribution is -0.124. The van der Waals surface area contributed by atoms with E-state index in [1.807, 2.05) is 0 Å². The van der Waals surface area contributed by atoms with Crippen LogP contribution in [0.5, 0.6) is 0 Å². The number of carbonyl (C=O) groups excluding carboxylic acids is 1. The van der Waals surface area contributed by atoms with Gasteiger partial charge in [0.15, 0.2) is 0 Å². The molecule has 0 spiro atoms. The maximum atomic E-state index is 13.2. The molecule has 1 aliphatic heterocycles. The van der Waals surface area contributed by atoms with Crippen molar-refractivity contribution in [2.45, 2.75) is 25.4 Å². The van der Waals surface area contributed by atoms with Crippen molar-refractivity contribution in [1.29, 1.82) is 0 Å². The van der Waals surface area contributed by atoms with Crippen LogP contribution >= 0.6 is 11.6 Å². The van der Waals surface area contributed by atoms with Crippen molar-refractivity contribution >= 4 is 23.2 Å². The molecule has 0 radical (unpaired) electrons. The molecule has 1 fully saturated rings. The number of nitrogens with zero attached hydrogens (tertiary/aromatic N) is 4. The van der Waals surface area contributed by atoms with Gasteiger partial charge in [0.2, 0.25) is 5.91 Å². The summed E-state index contributed by atoms with van der Waals surface area (Å²) in [5, 5.41) is 7.10. The van der Waals surface area contributed by atoms with Crippen molar-refractivity contribution in [3.63, 3.8) is 0 Å². The number of carbonyl (C=O) groups is 1. The van der Waals surface area contributed by atoms with Crippen molar-refractivity contribution in [3.8, 4) is 0 Å². The SMILES string of the molecule is C[C@H](C(=O)N[C@@H]1CCN(c2ccc(F)c(Cl)c2)C1)n1cncn1. The van der Waals surface area contributed by atoms with Gasteiger partial charge in [-0.15, -0.1) is 0 Å². The van der Waals surface area contributed by atoms with Gasteiger partial charge < -0.3 is 10.2 Å². The molecule has 0 saturated carbocycles. The van der Waals surface area contributed by atoms with Crippen LogP contribution in [-0.4, -0.2) is 39.8 Å². The van der Waals surface area contributed by atoms with Crippen LogP contribution in [0.4, 0.5) is 10.1 Å². The molecule has 23 heavy (non-hydrogen) atoms. The van der Waals surface area contributed by atoms with Crippen LogP contribution in [0.2, 0.25) is 5.02 Å². The predicted octanol–water partition coefficient (Wildman–Crippen LogP) is 2.03. The molecule has 0 unspecified atom stereocenters. The van der Waals surface area contributed by atoms with Gasteiger partial charge in [-0.1, -0.05) is 11.6 Å². The predicted molar refractivity (Wildman–Crippen MR) is 84.9 cm³/mol. The summed E-state index contributed by atoms with van der Waals surface area (Å²) in [5.41, 5.74) is 0.859. The number of anilines is 1. The van der Waals surface area contributed by atoms with Gasteiger partial charge in [0.25, 0.3) is 0 Å². The molecule has 1 saturated heterocycles. The highest BCUT2D eigenvalue weighted by molar-refractivity contribution is 6.31. The first-order chi connectivity index (χ1) is 11.0. The van der Waals surface area contributed by atoms with Crippen LogP contribution in [0, 0.1) is 5.82 Å². The smallest absolute Gasteiger partial charge is 0.244 e. The van der Waals surface area contributed by atoms with Gasteiger partial charge >= 0.3 is 0 Å². The van der Waals surface area contributed by atoms with E-state index >= 15 is 0 Å². The Kier molecular flexibility index (Phi) is 4.47. The van der Waals surface area contributed by atoms with E-state index in [-0.39, 0.29) is 17.0 Å². The molecule has 2 heterocycles. The van der Waals surface area contributed by atoms with E-state index in [2.05, 4.69) is 20.3 Å². The van der Waals surface area contributed by atoms with E-state index in [4.69, 9.17) is 11.6 Å². The Labute approximate surface area is 138 Å². The molecule has 1 aliphatic rings. The number of benzene rings is 1. The first kappa shape index (κ1) is 15.7. The fourth-order valence-corrected chi connectivity index (χ4v) is 2.83. The third-order valence-electron chi connectivity index (χ3n) is 4.02. The molecule has 1 aromatic heterocycles. The largest absolute Gasteiger partial charge is 0.369 e. The fourth-order valence-electron chi connectivity index (χ4n) is 2.65. The molecule has 1 amide bonds. The summed E-state index contributed by atoms with van der Waals surface area (Å²) in [6.45, 7) is 3.22. The van der Waals surface area contributed by atoms with E-state index in [0.717, 1.165) is 18.7 Å². The van der Waals surface area contributed by atoms with E-state index in [1.54, 1.807) is 19.1 Å². The van der Waals surface area contributed by atoms with Gasteiger partial charge in [0.05, 0.1) is 5.02 Å². The number of halogens is 2. The van der Waals surface area contributed by atoms with E-state index in [0.29, 0.717) is 6.54 Å². The van der Waals surface area contributed by atoms with Crippen LogP contribution in [0.1, 0.15) is 19.4 Å². The van der Waals surface area contributed by atoms with Gasteiger partial charge in [-0.2, -0.15) is 5.10 Å². The second-order valence-corrected chi connectivity index (χ2v) is 6.00. The summed E-state index contributed by atoms with van der Waals surface area (Å²) in [5.74, 6) is -0.527. The molecule has 1 N–H and O–H groups in total. The minimum Gasteiger partial charge on any atom is -0.369 e. The number of hydrogen-bond acceptors (Lipinski definition) is 4. The minimum absolute atomic E-state index is 0.0392. The summed E-state index contributed by atoms with van der Waals surface area (Å²) in [6, 6.07) is 4.29. The number of aromatic nitrogens is 3. The number of amides is 1. The van der Waals surface area contributed by atoms with Crippen LogP contribution in [-0.2, 0) is 4.79 Å². The van der Waals surface area contributed by atoms with Crippen LogP contribution in [0.3, 0.4) is 0 Å². The molecule has 6 nitrogen and oxygen atoms in total. The zero-order chi connectivity index (χ0) is 16.4. The Bertz CT molecular complexity index is 693. The Morgan fingerprint density at radius 2 is 2.35 bits per heavy atom. The number of nitrogens with one attached hydrogen (secondary N) is 1. The zero-order valence-corrected chi connectivity index (χ0v) is 13.4. The first-order valence-corrected chi connectivity index (χ1v) is 7.77. The van der Waals surface area contributed by atoms with E-state index in [1.165, 1.54) is 23.4 Å². The Balaban J connectivity index is 1.59. The molecule has 122 valence electrons. The molecule has 8 heteroatoms. The average molecular weight is 338 g/mol. The highest BCUT2D eigenvalue weighted by Gasteiger charge is 2.26. The second kappa shape index (κ2) is 6.54. The Morgan fingerprint density at radius 3 is 3.04 bits per heavy atom. The second-order valence-electron chi connectivity index (χ2n) is 5.59. The highest BCUT2D eigenvalue weighted by atomic mass is 35.5. The van der Waals surface area contributed by atoms with Crippen LogP contribution in [0.25, 0.3) is 0 Å². The number of rotatable bonds is 4. The summed E-state index contributed by atoms with van der Waals surface area (Å²) in [4.78, 5) is 18.2. The zero-order valence-electron chi connectivity index (χ0n) is 12.6. The minimum atomic E-state index is -0.430. The van der Waals surface area contributed by atoms with Gasteiger partial charge in [0.1, 0.15) is 24.5 Å². The van der Waals surface area contributed by atoms with Crippen LogP contribution < -0.4 is 10.2 Å². The first-order valence-electron chi connectivity index (χ1n) is 7.39. The van der Waals surface area contributed by atoms with Gasteiger partial charge in [-0.25, -0.2) is 14.1 Å². The van der Waals surface area contributed by atoms with Crippen molar-refractivity contribution in [1.82, 2.24) is 20.1 Å². The molecule has 2 aromatic rings. The lowest BCUT2D eigenvalue weighted by atomic mass is 10.2. The summed E-state index contributed by atoms with van der Waals surface area (Å²) < 4.78 is 14.8. The standard InChI is InChI=1S/C15H17ClFN5O/c1-10(22-9-18-8-19-22)15(23)20-11-4-5-21(7-11)12-2-3-14(17)13(16)6-12/h2-3,6,8-11H,4-5,7H2,1H3,(H,20,23)/t10-,11-/m1/s1. The maximum Gasteiger partial charge on any atom is 0.244 e. The topological polar surface area (TPSA) is 63.1 Å². The average Bonchev–Trinajstić information content (AvgIpc) is 3.20. The molecule has 3 rings (SSSR count). The Hall–Kier alpha value is -2.15. The van der Waals surface area contributed by atoms with Crippen molar-refractivity contribution < 1.29 is 9.18 Å². The molecule has 0 bridgehead atoms. The highest BCUT2D eigenvalue weighted by Crippen LogP contribution is 2.25. The van der Waals surface area contributed by atoms with E-state index < -0.39 is 11.9 Å². The molecular weight excluding hydrogens is 321 g/mol. The van der Waals surface area contributed by atoms with Crippen LogP contribution in [0.15, 0.2) is 30.9 Å².